The maximum Gasteiger partial charge on any atom is 0.00101 e. The van der Waals surface area contributed by atoms with E-state index in [4.69, 9.17) is 0 Å². The SMILES string of the molecule is CCCC1CC2CC(C(CC)c3cc(C4(CC)C(C)CC5CC6CC4C56)cc(C4(CC)C(C)CC5CC6CC4C56)c3C)C12. The Bertz CT molecular complexity index is 1270. The van der Waals surface area contributed by atoms with Gasteiger partial charge in [-0.25, -0.2) is 0 Å². The summed E-state index contributed by atoms with van der Waals surface area (Å²) in [5, 5.41) is 0. The molecule has 17 unspecified atom stereocenters. The molecule has 17 atom stereocenters. The van der Waals surface area contributed by atoms with Gasteiger partial charge >= 0.3 is 0 Å². The van der Waals surface area contributed by atoms with Crippen molar-refractivity contribution in [2.45, 2.75) is 149 Å². The van der Waals surface area contributed by atoms with Crippen molar-refractivity contribution in [2.75, 3.05) is 0 Å². The van der Waals surface area contributed by atoms with E-state index in [1.54, 1.807) is 37.7 Å². The molecule has 0 heteroatoms. The van der Waals surface area contributed by atoms with E-state index in [1.807, 2.05) is 16.7 Å². The first-order valence-electron chi connectivity index (χ1n) is 20.0. The average Bonchev–Trinajstić information content (AvgIpc) is 2.94. The highest BCUT2D eigenvalue weighted by Crippen LogP contribution is 2.74. The van der Waals surface area contributed by atoms with E-state index < -0.39 is 0 Å². The van der Waals surface area contributed by atoms with Gasteiger partial charge in [-0.15, -0.1) is 0 Å². The van der Waals surface area contributed by atoms with Crippen molar-refractivity contribution >= 4 is 0 Å². The van der Waals surface area contributed by atoms with Crippen LogP contribution in [0.25, 0.3) is 0 Å². The highest BCUT2D eigenvalue weighted by molar-refractivity contribution is 5.50. The Labute approximate surface area is 265 Å². The van der Waals surface area contributed by atoms with Gasteiger partial charge in [-0.1, -0.05) is 66.5 Å². The fourth-order valence-electron chi connectivity index (χ4n) is 16.3. The number of fused-ring (bicyclic) bond motifs is 1. The molecule has 0 aromatic heterocycles. The van der Waals surface area contributed by atoms with Gasteiger partial charge in [-0.2, -0.15) is 0 Å². The van der Waals surface area contributed by atoms with Crippen molar-refractivity contribution in [1.82, 2.24) is 0 Å². The second-order valence-corrected chi connectivity index (χ2v) is 18.7. The van der Waals surface area contributed by atoms with Gasteiger partial charge in [0, 0.05) is 10.8 Å². The summed E-state index contributed by atoms with van der Waals surface area (Å²) in [7, 11) is 0. The molecule has 0 radical (unpaired) electrons. The highest BCUT2D eigenvalue weighted by Gasteiger charge is 2.67. The topological polar surface area (TPSA) is 0 Å². The zero-order valence-corrected chi connectivity index (χ0v) is 29.0. The van der Waals surface area contributed by atoms with Gasteiger partial charge in [-0.3, -0.25) is 0 Å². The van der Waals surface area contributed by atoms with Crippen LogP contribution in [0.15, 0.2) is 12.1 Å². The van der Waals surface area contributed by atoms with Crippen molar-refractivity contribution in [3.8, 4) is 0 Å². The molecule has 8 fully saturated rings. The molecule has 9 rings (SSSR count). The Morgan fingerprint density at radius 2 is 1.26 bits per heavy atom. The molecule has 8 aliphatic carbocycles. The van der Waals surface area contributed by atoms with Crippen LogP contribution in [0.2, 0.25) is 0 Å². The molecule has 236 valence electrons. The van der Waals surface area contributed by atoms with Crippen LogP contribution in [-0.2, 0) is 10.8 Å². The molecule has 0 heterocycles. The lowest BCUT2D eigenvalue weighted by molar-refractivity contribution is -0.182. The van der Waals surface area contributed by atoms with E-state index in [-0.39, 0.29) is 0 Å². The molecule has 8 saturated carbocycles. The standard InChI is InChI=1S/C43H64/c1-8-12-26-15-29-18-35(39(26)29)33(9-2)34-21-32(42(10-3)23(5)13-27-16-30-19-37(42)40(27)30)22-36(25(34)7)43(11-4)24(6)14-28-17-31-20-38(43)41(28)31/h21-24,26-31,33,35,37-41H,8-20H2,1-7H3. The average molecular weight is 581 g/mol. The first-order valence-corrected chi connectivity index (χ1v) is 20.0. The molecule has 8 aliphatic rings. The highest BCUT2D eigenvalue weighted by atomic mass is 14.7. The zero-order chi connectivity index (χ0) is 29.6. The zero-order valence-electron chi connectivity index (χ0n) is 29.0. The second-order valence-electron chi connectivity index (χ2n) is 18.7. The summed E-state index contributed by atoms with van der Waals surface area (Å²) in [4.78, 5) is 0. The van der Waals surface area contributed by atoms with Gasteiger partial charge < -0.3 is 0 Å². The van der Waals surface area contributed by atoms with Gasteiger partial charge in [0.2, 0.25) is 0 Å². The fourth-order valence-corrected chi connectivity index (χ4v) is 16.3. The molecule has 0 aliphatic heterocycles. The van der Waals surface area contributed by atoms with E-state index in [1.165, 1.54) is 51.4 Å². The summed E-state index contributed by atoms with van der Waals surface area (Å²) in [6.45, 7) is 18.3. The Kier molecular flexibility index (Phi) is 6.37. The van der Waals surface area contributed by atoms with Crippen LogP contribution in [0.3, 0.4) is 0 Å². The number of benzene rings is 1. The van der Waals surface area contributed by atoms with Gasteiger partial charge in [0.25, 0.3) is 0 Å². The van der Waals surface area contributed by atoms with Gasteiger partial charge in [0.1, 0.15) is 0 Å². The Morgan fingerprint density at radius 1 is 0.674 bits per heavy atom. The molecule has 1 aromatic carbocycles. The van der Waals surface area contributed by atoms with Gasteiger partial charge in [0.05, 0.1) is 0 Å². The van der Waals surface area contributed by atoms with Gasteiger partial charge in [-0.05, 0) is 189 Å². The van der Waals surface area contributed by atoms with Crippen molar-refractivity contribution < 1.29 is 0 Å². The monoisotopic (exact) mass is 581 g/mol. The first-order chi connectivity index (χ1) is 20.8. The minimum atomic E-state index is 0.419. The molecule has 0 amide bonds. The van der Waals surface area contributed by atoms with E-state index in [0.717, 1.165) is 88.8 Å². The lowest BCUT2D eigenvalue weighted by Crippen LogP contribution is -2.65. The van der Waals surface area contributed by atoms with Crippen LogP contribution < -0.4 is 0 Å². The minimum absolute atomic E-state index is 0.419. The van der Waals surface area contributed by atoms with Crippen LogP contribution in [0.1, 0.15) is 153 Å². The van der Waals surface area contributed by atoms with E-state index >= 15 is 0 Å². The number of hydrogen-bond donors (Lipinski definition) is 0. The Hall–Kier alpha value is -0.780. The predicted molar refractivity (Wildman–Crippen MR) is 180 cm³/mol. The summed E-state index contributed by atoms with van der Waals surface area (Å²) in [6, 6.07) is 5.91. The number of rotatable bonds is 9. The predicted octanol–water partition coefficient (Wildman–Crippen LogP) is 11.5. The third-order valence-corrected chi connectivity index (χ3v) is 18.3. The third-order valence-electron chi connectivity index (χ3n) is 18.3. The van der Waals surface area contributed by atoms with Crippen LogP contribution in [-0.4, -0.2) is 0 Å². The van der Waals surface area contributed by atoms with Crippen molar-refractivity contribution in [3.05, 3.63) is 34.4 Å². The quantitative estimate of drug-likeness (QED) is 0.272. The second kappa shape index (κ2) is 9.63. The minimum Gasteiger partial charge on any atom is -0.0654 e. The molecular formula is C43H64. The normalized spacial score (nSPS) is 53.7. The molecule has 0 nitrogen and oxygen atoms in total. The summed E-state index contributed by atoms with van der Waals surface area (Å²) < 4.78 is 0. The van der Waals surface area contributed by atoms with Crippen LogP contribution in [0, 0.1) is 89.8 Å². The van der Waals surface area contributed by atoms with Crippen molar-refractivity contribution in [1.29, 1.82) is 0 Å². The molecule has 0 saturated heterocycles. The van der Waals surface area contributed by atoms with Crippen molar-refractivity contribution in [3.63, 3.8) is 0 Å². The lowest BCUT2D eigenvalue weighted by Gasteiger charge is -2.71. The smallest absolute Gasteiger partial charge is 0.00101 e. The summed E-state index contributed by atoms with van der Waals surface area (Å²) in [5.41, 5.74) is 8.23. The third kappa shape index (κ3) is 3.32. The fraction of sp³-hybridized carbons (Fsp3) is 0.860. The molecule has 0 bridgehead atoms. The molecular weight excluding hydrogens is 516 g/mol. The maximum absolute atomic E-state index is 2.97. The summed E-state index contributed by atoms with van der Waals surface area (Å²) in [5.74, 6) is 15.0. The number of hydrogen-bond acceptors (Lipinski definition) is 0. The molecule has 0 spiro atoms. The van der Waals surface area contributed by atoms with Crippen LogP contribution in [0.5, 0.6) is 0 Å². The maximum atomic E-state index is 2.97. The molecule has 43 heavy (non-hydrogen) atoms. The Morgan fingerprint density at radius 3 is 1.81 bits per heavy atom. The summed E-state index contributed by atoms with van der Waals surface area (Å²) >= 11 is 0. The largest absolute Gasteiger partial charge is 0.0654 e. The first kappa shape index (κ1) is 28.4. The van der Waals surface area contributed by atoms with Gasteiger partial charge in [0.15, 0.2) is 0 Å². The van der Waals surface area contributed by atoms with Crippen LogP contribution >= 0.6 is 0 Å². The molecule has 0 N–H and O–H groups in total. The van der Waals surface area contributed by atoms with Crippen molar-refractivity contribution in [2.24, 2.45) is 82.9 Å². The summed E-state index contributed by atoms with van der Waals surface area (Å²) in [6.07, 6.45) is 19.3. The Balaban J connectivity index is 1.20. The van der Waals surface area contributed by atoms with E-state index in [0.29, 0.717) is 10.8 Å². The lowest BCUT2D eigenvalue weighted by atomic mass is 9.33. The van der Waals surface area contributed by atoms with Crippen LogP contribution in [0.4, 0.5) is 0 Å². The van der Waals surface area contributed by atoms with E-state index in [9.17, 15) is 0 Å². The molecule has 1 aromatic rings. The van der Waals surface area contributed by atoms with E-state index in [2.05, 4.69) is 60.6 Å².